The molecule has 0 atom stereocenters. The van der Waals surface area contributed by atoms with Gasteiger partial charge in [-0.15, -0.1) is 0 Å². The highest BCUT2D eigenvalue weighted by Crippen LogP contribution is 2.26. The Hall–Kier alpha value is -1.35. The highest BCUT2D eigenvalue weighted by Gasteiger charge is 2.17. The predicted molar refractivity (Wildman–Crippen MR) is 89.7 cm³/mol. The number of thiazole rings is 1. The van der Waals surface area contributed by atoms with Crippen molar-refractivity contribution in [3.63, 3.8) is 0 Å². The zero-order valence-corrected chi connectivity index (χ0v) is 14.6. The molecule has 1 aromatic carbocycles. The van der Waals surface area contributed by atoms with Gasteiger partial charge in [0.2, 0.25) is 10.0 Å². The Kier molecular flexibility index (Phi) is 4.96. The molecule has 2 aromatic rings. The molecule has 0 saturated carbocycles. The molecule has 0 saturated heterocycles. The molecule has 2 N–H and O–H groups in total. The average Bonchev–Trinajstić information content (AvgIpc) is 2.66. The zero-order chi connectivity index (χ0) is 16.5. The van der Waals surface area contributed by atoms with E-state index >= 15 is 0 Å². The summed E-state index contributed by atoms with van der Waals surface area (Å²) in [7, 11) is -3.45. The van der Waals surface area contributed by atoms with Crippen molar-refractivity contribution in [2.24, 2.45) is 0 Å². The molecule has 0 radical (unpaired) electrons. The van der Waals surface area contributed by atoms with Crippen LogP contribution >= 0.6 is 34.5 Å². The third-order valence-electron chi connectivity index (χ3n) is 2.40. The molecule has 0 aliphatic heterocycles. The van der Waals surface area contributed by atoms with Crippen molar-refractivity contribution in [1.29, 1.82) is 0 Å². The number of rotatable bonds is 4. The van der Waals surface area contributed by atoms with Crippen LogP contribution in [0.15, 0.2) is 18.2 Å². The van der Waals surface area contributed by atoms with Crippen LogP contribution in [-0.2, 0) is 10.0 Å². The first-order valence-corrected chi connectivity index (χ1v) is 9.33. The minimum atomic E-state index is -3.45. The van der Waals surface area contributed by atoms with Crippen LogP contribution in [0.4, 0.5) is 10.8 Å². The summed E-state index contributed by atoms with van der Waals surface area (Å²) < 4.78 is 24.6. The van der Waals surface area contributed by atoms with E-state index in [9.17, 15) is 13.2 Å². The molecule has 0 unspecified atom stereocenters. The van der Waals surface area contributed by atoms with Crippen molar-refractivity contribution >= 4 is 61.3 Å². The lowest BCUT2D eigenvalue weighted by Crippen LogP contribution is -2.11. The predicted octanol–water partition coefficient (Wildman–Crippen LogP) is 3.38. The van der Waals surface area contributed by atoms with Gasteiger partial charge in [0.15, 0.2) is 5.13 Å². The molecule has 6 nitrogen and oxygen atoms in total. The number of hydrogen-bond donors (Lipinski definition) is 2. The summed E-state index contributed by atoms with van der Waals surface area (Å²) in [5.74, 6) is -0.421. The fraction of sp³-hybridized carbons (Fsp3) is 0.167. The highest BCUT2D eigenvalue weighted by atomic mass is 35.5. The van der Waals surface area contributed by atoms with Crippen molar-refractivity contribution < 1.29 is 13.2 Å². The van der Waals surface area contributed by atoms with Crippen LogP contribution in [0.25, 0.3) is 0 Å². The first kappa shape index (κ1) is 17.0. The van der Waals surface area contributed by atoms with Gasteiger partial charge in [-0.2, -0.15) is 0 Å². The van der Waals surface area contributed by atoms with Gasteiger partial charge >= 0.3 is 0 Å². The number of benzene rings is 1. The van der Waals surface area contributed by atoms with Crippen molar-refractivity contribution in [2.75, 3.05) is 16.3 Å². The van der Waals surface area contributed by atoms with Crippen molar-refractivity contribution in [3.05, 3.63) is 38.8 Å². The van der Waals surface area contributed by atoms with Crippen molar-refractivity contribution in [1.82, 2.24) is 4.98 Å². The average molecular weight is 380 g/mol. The lowest BCUT2D eigenvalue weighted by atomic mass is 10.3. The molecule has 1 heterocycles. The van der Waals surface area contributed by atoms with E-state index in [1.807, 2.05) is 0 Å². The third-order valence-corrected chi connectivity index (χ3v) is 4.60. The Bertz CT molecular complexity index is 814. The number of anilines is 2. The molecule has 22 heavy (non-hydrogen) atoms. The molecule has 0 bridgehead atoms. The largest absolute Gasteiger partial charge is 0.321 e. The number of halogens is 2. The van der Waals surface area contributed by atoms with Crippen molar-refractivity contribution in [3.8, 4) is 0 Å². The van der Waals surface area contributed by atoms with E-state index in [0.29, 0.717) is 26.3 Å². The van der Waals surface area contributed by atoms with Gasteiger partial charge in [-0.1, -0.05) is 34.5 Å². The van der Waals surface area contributed by atoms with Gasteiger partial charge in [-0.3, -0.25) is 9.52 Å². The first-order chi connectivity index (χ1) is 10.1. The summed E-state index contributed by atoms with van der Waals surface area (Å²) >= 11 is 12.7. The van der Waals surface area contributed by atoms with Gasteiger partial charge < -0.3 is 5.32 Å². The topological polar surface area (TPSA) is 88.2 Å². The molecule has 0 spiro atoms. The van der Waals surface area contributed by atoms with E-state index in [4.69, 9.17) is 23.2 Å². The third kappa shape index (κ3) is 4.57. The van der Waals surface area contributed by atoms with Gasteiger partial charge in [0, 0.05) is 15.7 Å². The second-order valence-corrected chi connectivity index (χ2v) is 8.04. The number of nitrogens with zero attached hydrogens (tertiary/aromatic N) is 1. The Labute approximate surface area is 141 Å². The van der Waals surface area contributed by atoms with Gasteiger partial charge in [0.25, 0.3) is 5.91 Å². The Morgan fingerprint density at radius 2 is 1.82 bits per heavy atom. The summed E-state index contributed by atoms with van der Waals surface area (Å²) in [4.78, 5) is 16.5. The number of nitrogens with one attached hydrogen (secondary N) is 2. The molecule has 0 fully saturated rings. The van der Waals surface area contributed by atoms with Crippen LogP contribution in [0.1, 0.15) is 15.4 Å². The maximum absolute atomic E-state index is 12.2. The van der Waals surface area contributed by atoms with E-state index in [-0.39, 0.29) is 5.13 Å². The summed E-state index contributed by atoms with van der Waals surface area (Å²) in [5.41, 5.74) is 0.856. The van der Waals surface area contributed by atoms with Crippen LogP contribution in [-0.4, -0.2) is 25.6 Å². The summed E-state index contributed by atoms with van der Waals surface area (Å²) in [6, 6.07) is 4.65. The first-order valence-electron chi connectivity index (χ1n) is 5.87. The SMILES string of the molecule is Cc1nc(NS(C)(=O)=O)sc1C(=O)Nc1cc(Cl)cc(Cl)c1. The molecule has 2 rings (SSSR count). The van der Waals surface area contributed by atoms with Gasteiger partial charge in [-0.25, -0.2) is 13.4 Å². The highest BCUT2D eigenvalue weighted by molar-refractivity contribution is 7.92. The summed E-state index contributed by atoms with van der Waals surface area (Å²) in [6.07, 6.45) is 1.01. The quantitative estimate of drug-likeness (QED) is 0.851. The van der Waals surface area contributed by atoms with Gasteiger partial charge in [0.05, 0.1) is 11.9 Å². The van der Waals surface area contributed by atoms with Crippen LogP contribution in [0, 0.1) is 6.92 Å². The van der Waals surface area contributed by atoms with Crippen LogP contribution < -0.4 is 10.0 Å². The zero-order valence-electron chi connectivity index (χ0n) is 11.5. The number of aromatic nitrogens is 1. The Balaban J connectivity index is 2.22. The number of hydrogen-bond acceptors (Lipinski definition) is 5. The minimum absolute atomic E-state index is 0.134. The normalized spacial score (nSPS) is 11.3. The minimum Gasteiger partial charge on any atom is -0.321 e. The molecular formula is C12H11Cl2N3O3S2. The Morgan fingerprint density at radius 1 is 1.23 bits per heavy atom. The monoisotopic (exact) mass is 379 g/mol. The second-order valence-electron chi connectivity index (χ2n) is 4.42. The van der Waals surface area contributed by atoms with E-state index in [0.717, 1.165) is 17.6 Å². The number of aryl methyl sites for hydroxylation is 1. The fourth-order valence-electron chi connectivity index (χ4n) is 1.62. The number of sulfonamides is 1. The molecule has 118 valence electrons. The number of carbonyl (C=O) groups excluding carboxylic acids is 1. The van der Waals surface area contributed by atoms with Crippen molar-refractivity contribution in [2.45, 2.75) is 6.92 Å². The van der Waals surface area contributed by atoms with Crippen LogP contribution in [0.2, 0.25) is 10.0 Å². The molecule has 0 aliphatic rings. The smallest absolute Gasteiger partial charge is 0.267 e. The maximum Gasteiger partial charge on any atom is 0.267 e. The van der Waals surface area contributed by atoms with E-state index in [1.54, 1.807) is 25.1 Å². The van der Waals surface area contributed by atoms with Crippen LogP contribution in [0.3, 0.4) is 0 Å². The number of carbonyl (C=O) groups is 1. The van der Waals surface area contributed by atoms with E-state index in [2.05, 4.69) is 15.0 Å². The number of amides is 1. The Morgan fingerprint density at radius 3 is 2.36 bits per heavy atom. The van der Waals surface area contributed by atoms with E-state index in [1.165, 1.54) is 0 Å². The summed E-state index contributed by atoms with van der Waals surface area (Å²) in [5, 5.41) is 3.56. The fourth-order valence-corrected chi connectivity index (χ4v) is 3.85. The summed E-state index contributed by atoms with van der Waals surface area (Å²) in [6.45, 7) is 1.61. The van der Waals surface area contributed by atoms with Gasteiger partial charge in [-0.05, 0) is 25.1 Å². The second kappa shape index (κ2) is 6.41. The van der Waals surface area contributed by atoms with Gasteiger partial charge in [0.1, 0.15) is 4.88 Å². The molecule has 1 amide bonds. The standard InChI is InChI=1S/C12H11Cl2N3O3S2/c1-6-10(21-12(15-6)17-22(2,19)20)11(18)16-9-4-7(13)3-8(14)5-9/h3-5H,1-2H3,(H,15,17)(H,16,18). The molecule has 0 aliphatic carbocycles. The lowest BCUT2D eigenvalue weighted by Gasteiger charge is -2.05. The van der Waals surface area contributed by atoms with E-state index < -0.39 is 15.9 Å². The molecule has 10 heteroatoms. The molecular weight excluding hydrogens is 369 g/mol. The molecule has 1 aromatic heterocycles. The maximum atomic E-state index is 12.2. The lowest BCUT2D eigenvalue weighted by molar-refractivity contribution is 0.103. The van der Waals surface area contributed by atoms with Crippen LogP contribution in [0.5, 0.6) is 0 Å².